The van der Waals surface area contributed by atoms with Gasteiger partial charge in [-0.05, 0) is 61.6 Å². The monoisotopic (exact) mass is 350 g/mol. The van der Waals surface area contributed by atoms with E-state index in [4.69, 9.17) is 0 Å². The van der Waals surface area contributed by atoms with Gasteiger partial charge in [0.05, 0.1) is 6.04 Å². The molecule has 0 aromatic heterocycles. The number of carbonyl (C=O) groups excluding carboxylic acids is 2. The highest BCUT2D eigenvalue weighted by molar-refractivity contribution is 5.95. The molecule has 4 heteroatoms. The second kappa shape index (κ2) is 8.17. The maximum absolute atomic E-state index is 12.4. The predicted octanol–water partition coefficient (Wildman–Crippen LogP) is 4.48. The van der Waals surface area contributed by atoms with Crippen molar-refractivity contribution in [2.75, 3.05) is 5.32 Å². The summed E-state index contributed by atoms with van der Waals surface area (Å²) in [5, 5.41) is 5.95. The third kappa shape index (κ3) is 4.72. The third-order valence-corrected chi connectivity index (χ3v) is 4.73. The molecule has 0 heterocycles. The molecule has 1 saturated carbocycles. The molecule has 1 aliphatic rings. The summed E-state index contributed by atoms with van der Waals surface area (Å²) < 4.78 is 0. The van der Waals surface area contributed by atoms with Gasteiger partial charge in [0.1, 0.15) is 0 Å². The lowest BCUT2D eigenvalue weighted by Crippen LogP contribution is -2.26. The first-order valence-electron chi connectivity index (χ1n) is 9.37. The largest absolute Gasteiger partial charge is 0.346 e. The van der Waals surface area contributed by atoms with Crippen molar-refractivity contribution in [3.8, 4) is 0 Å². The van der Waals surface area contributed by atoms with Gasteiger partial charge in [-0.1, -0.05) is 37.6 Å². The molecule has 4 nitrogen and oxygen atoms in total. The first kappa shape index (κ1) is 18.2. The highest BCUT2D eigenvalue weighted by Gasteiger charge is 2.29. The molecule has 0 radical (unpaired) electrons. The van der Waals surface area contributed by atoms with Gasteiger partial charge >= 0.3 is 0 Å². The number of nitrogens with one attached hydrogen (secondary N) is 2. The number of benzene rings is 2. The molecule has 0 aliphatic heterocycles. The van der Waals surface area contributed by atoms with Crippen LogP contribution in [0.4, 0.5) is 5.69 Å². The van der Waals surface area contributed by atoms with Crippen molar-refractivity contribution >= 4 is 17.5 Å². The zero-order valence-corrected chi connectivity index (χ0v) is 15.4. The lowest BCUT2D eigenvalue weighted by Gasteiger charge is -2.15. The Balaban J connectivity index is 1.57. The summed E-state index contributed by atoms with van der Waals surface area (Å²) >= 11 is 0. The minimum atomic E-state index is -0.106. The van der Waals surface area contributed by atoms with Gasteiger partial charge in [-0.3, -0.25) is 9.59 Å². The van der Waals surface area contributed by atoms with E-state index in [0.29, 0.717) is 5.56 Å². The van der Waals surface area contributed by atoms with Gasteiger partial charge in [-0.25, -0.2) is 0 Å². The Hall–Kier alpha value is -2.62. The van der Waals surface area contributed by atoms with Crippen molar-refractivity contribution in [3.05, 3.63) is 65.2 Å². The molecule has 0 bridgehead atoms. The lowest BCUT2D eigenvalue weighted by molar-refractivity contribution is -0.117. The fourth-order valence-corrected chi connectivity index (χ4v) is 2.92. The zero-order chi connectivity index (χ0) is 18.5. The van der Waals surface area contributed by atoms with Crippen molar-refractivity contribution < 1.29 is 9.59 Å². The fraction of sp³-hybridized carbons (Fsp3) is 0.364. The second-order valence-corrected chi connectivity index (χ2v) is 7.03. The minimum absolute atomic E-state index is 0.0772. The van der Waals surface area contributed by atoms with Crippen LogP contribution < -0.4 is 10.6 Å². The van der Waals surface area contributed by atoms with E-state index in [2.05, 4.69) is 17.6 Å². The molecule has 3 rings (SSSR count). The highest BCUT2D eigenvalue weighted by Crippen LogP contribution is 2.30. The first-order valence-corrected chi connectivity index (χ1v) is 9.37. The fourth-order valence-electron chi connectivity index (χ4n) is 2.92. The average molecular weight is 350 g/mol. The third-order valence-electron chi connectivity index (χ3n) is 4.73. The molecule has 1 aliphatic carbocycles. The Morgan fingerprint density at radius 1 is 1.04 bits per heavy atom. The van der Waals surface area contributed by atoms with Crippen molar-refractivity contribution in [1.29, 1.82) is 0 Å². The molecule has 1 fully saturated rings. The predicted molar refractivity (Wildman–Crippen MR) is 104 cm³/mol. The van der Waals surface area contributed by atoms with Crippen LogP contribution in [-0.4, -0.2) is 11.8 Å². The molecule has 0 spiro atoms. The van der Waals surface area contributed by atoms with E-state index in [-0.39, 0.29) is 23.8 Å². The van der Waals surface area contributed by atoms with E-state index in [0.717, 1.165) is 36.9 Å². The number of hydrogen-bond donors (Lipinski definition) is 2. The molecular weight excluding hydrogens is 324 g/mol. The number of carbonyl (C=O) groups is 2. The van der Waals surface area contributed by atoms with Crippen LogP contribution in [0, 0.1) is 5.92 Å². The molecule has 2 aromatic rings. The van der Waals surface area contributed by atoms with Crippen molar-refractivity contribution in [3.63, 3.8) is 0 Å². The minimum Gasteiger partial charge on any atom is -0.346 e. The summed E-state index contributed by atoms with van der Waals surface area (Å²) in [6.07, 6.45) is 4.11. The standard InChI is InChI=1S/C22H26N2O2/c1-3-4-16-5-7-18(8-6-16)21(25)23-15(2)17-11-13-20(14-12-17)24-22(26)19-9-10-19/h5-8,11-15,19H,3-4,9-10H2,1-2H3,(H,23,25)(H,24,26). The first-order chi connectivity index (χ1) is 12.6. The Bertz CT molecular complexity index is 762. The number of hydrogen-bond acceptors (Lipinski definition) is 2. The second-order valence-electron chi connectivity index (χ2n) is 7.03. The molecule has 2 amide bonds. The SMILES string of the molecule is CCCc1ccc(C(=O)NC(C)c2ccc(NC(=O)C3CC3)cc2)cc1. The van der Waals surface area contributed by atoms with E-state index in [1.165, 1.54) is 5.56 Å². The average Bonchev–Trinajstić information content (AvgIpc) is 3.48. The van der Waals surface area contributed by atoms with Crippen LogP contribution in [0.15, 0.2) is 48.5 Å². The van der Waals surface area contributed by atoms with E-state index < -0.39 is 0 Å². The van der Waals surface area contributed by atoms with Crippen LogP contribution in [0.2, 0.25) is 0 Å². The van der Waals surface area contributed by atoms with Crippen molar-refractivity contribution in [2.24, 2.45) is 5.92 Å². The molecule has 2 aromatic carbocycles. The van der Waals surface area contributed by atoms with E-state index in [1.54, 1.807) is 0 Å². The Labute approximate surface area is 155 Å². The summed E-state index contributed by atoms with van der Waals surface area (Å²) in [6, 6.07) is 15.3. The van der Waals surface area contributed by atoms with E-state index in [9.17, 15) is 9.59 Å². The smallest absolute Gasteiger partial charge is 0.251 e. The van der Waals surface area contributed by atoms with E-state index >= 15 is 0 Å². The maximum Gasteiger partial charge on any atom is 0.251 e. The summed E-state index contributed by atoms with van der Waals surface area (Å²) in [7, 11) is 0. The van der Waals surface area contributed by atoms with Crippen molar-refractivity contribution in [2.45, 2.75) is 45.6 Å². The molecule has 2 N–H and O–H groups in total. The normalized spacial score (nSPS) is 14.5. The maximum atomic E-state index is 12.4. The molecule has 26 heavy (non-hydrogen) atoms. The summed E-state index contributed by atoms with van der Waals surface area (Å²) in [5.74, 6) is 0.217. The van der Waals surface area contributed by atoms with Gasteiger partial charge in [0.15, 0.2) is 0 Å². The lowest BCUT2D eigenvalue weighted by atomic mass is 10.1. The molecule has 136 valence electrons. The number of aryl methyl sites for hydroxylation is 1. The molecular formula is C22H26N2O2. The molecule has 1 atom stereocenters. The number of rotatable bonds is 7. The summed E-state index contributed by atoms with van der Waals surface area (Å²) in [5.41, 5.74) is 3.73. The number of amides is 2. The van der Waals surface area contributed by atoms with E-state index in [1.807, 2.05) is 55.5 Å². The van der Waals surface area contributed by atoms with Gasteiger partial charge < -0.3 is 10.6 Å². The van der Waals surface area contributed by atoms with Crippen LogP contribution in [0.1, 0.15) is 60.6 Å². The Kier molecular flexibility index (Phi) is 5.71. The zero-order valence-electron chi connectivity index (χ0n) is 15.4. The van der Waals surface area contributed by atoms with Crippen LogP contribution >= 0.6 is 0 Å². The summed E-state index contributed by atoms with van der Waals surface area (Å²) in [4.78, 5) is 24.2. The van der Waals surface area contributed by atoms with Gasteiger partial charge in [-0.15, -0.1) is 0 Å². The van der Waals surface area contributed by atoms with Gasteiger partial charge in [-0.2, -0.15) is 0 Å². The quantitative estimate of drug-likeness (QED) is 0.773. The molecule has 0 saturated heterocycles. The van der Waals surface area contributed by atoms with Crippen LogP contribution in [0.5, 0.6) is 0 Å². The van der Waals surface area contributed by atoms with Crippen molar-refractivity contribution in [1.82, 2.24) is 5.32 Å². The Morgan fingerprint density at radius 2 is 1.69 bits per heavy atom. The van der Waals surface area contributed by atoms with Crippen LogP contribution in [-0.2, 0) is 11.2 Å². The van der Waals surface area contributed by atoms with Gasteiger partial charge in [0.2, 0.25) is 5.91 Å². The van der Waals surface area contributed by atoms with Gasteiger partial charge in [0, 0.05) is 17.2 Å². The van der Waals surface area contributed by atoms with Crippen LogP contribution in [0.25, 0.3) is 0 Å². The topological polar surface area (TPSA) is 58.2 Å². The summed E-state index contributed by atoms with van der Waals surface area (Å²) in [6.45, 7) is 4.10. The van der Waals surface area contributed by atoms with Crippen LogP contribution in [0.3, 0.4) is 0 Å². The molecule has 1 unspecified atom stereocenters. The van der Waals surface area contributed by atoms with Gasteiger partial charge in [0.25, 0.3) is 5.91 Å². The Morgan fingerprint density at radius 3 is 2.27 bits per heavy atom. The number of anilines is 1. The highest BCUT2D eigenvalue weighted by atomic mass is 16.2.